The van der Waals surface area contributed by atoms with Crippen LogP contribution in [0.15, 0.2) is 49.2 Å². The lowest BCUT2D eigenvalue weighted by molar-refractivity contribution is -0.385. The van der Waals surface area contributed by atoms with Gasteiger partial charge in [0.05, 0.1) is 22.0 Å². The van der Waals surface area contributed by atoms with Crippen LogP contribution in [0, 0.1) is 22.5 Å². The van der Waals surface area contributed by atoms with Crippen LogP contribution >= 0.6 is 31.9 Å². The molecule has 0 saturated heterocycles. The van der Waals surface area contributed by atoms with Crippen LogP contribution in [0.5, 0.6) is 5.75 Å². The van der Waals surface area contributed by atoms with Crippen molar-refractivity contribution in [3.05, 3.63) is 71.1 Å². The topological polar surface area (TPSA) is 99.6 Å². The predicted octanol–water partition coefficient (Wildman–Crippen LogP) is 4.29. The van der Waals surface area contributed by atoms with E-state index in [4.69, 9.17) is 11.2 Å². The van der Waals surface area contributed by atoms with E-state index in [1.54, 1.807) is 24.3 Å². The highest BCUT2D eigenvalue weighted by Crippen LogP contribution is 2.33. The molecular weight excluding hydrogens is 520 g/mol. The molecule has 0 unspecified atom stereocenters. The maximum absolute atomic E-state index is 13.0. The Kier molecular flexibility index (Phi) is 6.64. The highest BCUT2D eigenvalue weighted by atomic mass is 79.9. The molecule has 0 aliphatic heterocycles. The van der Waals surface area contributed by atoms with E-state index in [2.05, 4.69) is 47.9 Å². The molecule has 152 valence electrons. The first-order valence-corrected chi connectivity index (χ1v) is 10.2. The van der Waals surface area contributed by atoms with Gasteiger partial charge in [-0.2, -0.15) is 9.78 Å². The molecule has 3 aromatic rings. The number of aryl methyl sites for hydroxylation is 1. The van der Waals surface area contributed by atoms with Crippen LogP contribution < -0.4 is 10.3 Å². The maximum atomic E-state index is 13.0. The van der Waals surface area contributed by atoms with E-state index in [0.717, 1.165) is 4.47 Å². The summed E-state index contributed by atoms with van der Waals surface area (Å²) in [5.74, 6) is 2.69. The first kappa shape index (κ1) is 21.7. The van der Waals surface area contributed by atoms with Crippen molar-refractivity contribution < 1.29 is 9.66 Å². The molecule has 8 nitrogen and oxygen atoms in total. The molecule has 0 N–H and O–H groups in total. The number of nitrogens with zero attached hydrogens (tertiary/aromatic N) is 4. The van der Waals surface area contributed by atoms with Crippen molar-refractivity contribution in [2.75, 3.05) is 6.61 Å². The minimum atomic E-state index is -0.577. The summed E-state index contributed by atoms with van der Waals surface area (Å²) in [5.41, 5.74) is 0.215. The van der Waals surface area contributed by atoms with Crippen molar-refractivity contribution in [2.24, 2.45) is 5.10 Å². The Bertz CT molecular complexity index is 1280. The second-order valence-corrected chi connectivity index (χ2v) is 7.83. The summed E-state index contributed by atoms with van der Waals surface area (Å²) in [5, 5.41) is 16.1. The maximum Gasteiger partial charge on any atom is 0.312 e. The number of benzene rings is 2. The van der Waals surface area contributed by atoms with Gasteiger partial charge in [-0.1, -0.05) is 44.7 Å². The van der Waals surface area contributed by atoms with Gasteiger partial charge in [0.15, 0.2) is 0 Å². The molecule has 0 atom stereocenters. The summed E-state index contributed by atoms with van der Waals surface area (Å²) < 4.78 is 7.76. The number of nitro benzene ring substituents is 1. The first-order chi connectivity index (χ1) is 14.3. The van der Waals surface area contributed by atoms with Crippen LogP contribution in [-0.2, 0) is 6.42 Å². The summed E-state index contributed by atoms with van der Waals surface area (Å²) in [6.45, 7) is 1.69. The van der Waals surface area contributed by atoms with E-state index < -0.39 is 4.92 Å². The molecule has 3 rings (SSSR count). The molecule has 0 spiro atoms. The molecular formula is C20H14Br2N4O4. The van der Waals surface area contributed by atoms with Crippen LogP contribution in [0.1, 0.15) is 18.3 Å². The molecule has 0 aliphatic carbocycles. The van der Waals surface area contributed by atoms with Crippen molar-refractivity contribution in [1.82, 2.24) is 9.66 Å². The van der Waals surface area contributed by atoms with Crippen LogP contribution in [-0.4, -0.2) is 27.4 Å². The third-order valence-electron chi connectivity index (χ3n) is 4.06. The normalized spacial score (nSPS) is 11.0. The highest BCUT2D eigenvalue weighted by molar-refractivity contribution is 9.10. The largest absolute Gasteiger partial charge is 0.473 e. The molecule has 0 bridgehead atoms. The molecule has 30 heavy (non-hydrogen) atoms. The van der Waals surface area contributed by atoms with Gasteiger partial charge in [0.2, 0.25) is 5.75 Å². The van der Waals surface area contributed by atoms with E-state index in [1.165, 1.54) is 17.0 Å². The number of halogens is 2. The van der Waals surface area contributed by atoms with Gasteiger partial charge in [-0.3, -0.25) is 14.9 Å². The van der Waals surface area contributed by atoms with Crippen molar-refractivity contribution >= 4 is 54.7 Å². The Morgan fingerprint density at radius 2 is 2.10 bits per heavy atom. The SMILES string of the molecule is C#CCOc1c(C=Nn2c(CC)nc3ccc(Br)cc3c2=O)cc(Br)cc1[N+](=O)[O-]. The van der Waals surface area contributed by atoms with E-state index >= 15 is 0 Å². The fraction of sp³-hybridized carbons (Fsp3) is 0.150. The van der Waals surface area contributed by atoms with Crippen LogP contribution in [0.2, 0.25) is 0 Å². The summed E-state index contributed by atoms with van der Waals surface area (Å²) in [6, 6.07) is 8.11. The van der Waals surface area contributed by atoms with E-state index in [9.17, 15) is 14.9 Å². The number of ether oxygens (including phenoxy) is 1. The first-order valence-electron chi connectivity index (χ1n) is 8.65. The second-order valence-electron chi connectivity index (χ2n) is 6.00. The van der Waals surface area contributed by atoms with Gasteiger partial charge in [0.25, 0.3) is 5.56 Å². The Morgan fingerprint density at radius 3 is 2.77 bits per heavy atom. The molecule has 0 fully saturated rings. The zero-order chi connectivity index (χ0) is 21.8. The molecule has 0 amide bonds. The lowest BCUT2D eigenvalue weighted by Gasteiger charge is -2.10. The van der Waals surface area contributed by atoms with Gasteiger partial charge < -0.3 is 4.74 Å². The summed E-state index contributed by atoms with van der Waals surface area (Å²) in [4.78, 5) is 28.3. The average molecular weight is 534 g/mol. The molecule has 1 aromatic heterocycles. The highest BCUT2D eigenvalue weighted by Gasteiger charge is 2.20. The quantitative estimate of drug-likeness (QED) is 0.204. The minimum absolute atomic E-state index is 0.0347. The number of terminal acetylenes is 1. The number of aromatic nitrogens is 2. The third kappa shape index (κ3) is 4.42. The van der Waals surface area contributed by atoms with Crippen LogP contribution in [0.4, 0.5) is 5.69 Å². The Labute approximate surface area is 188 Å². The number of rotatable bonds is 6. The van der Waals surface area contributed by atoms with Gasteiger partial charge in [-0.25, -0.2) is 4.98 Å². The van der Waals surface area contributed by atoms with Gasteiger partial charge >= 0.3 is 5.69 Å². The smallest absolute Gasteiger partial charge is 0.312 e. The number of hydrogen-bond donors (Lipinski definition) is 0. The molecule has 1 heterocycles. The van der Waals surface area contributed by atoms with Crippen LogP contribution in [0.3, 0.4) is 0 Å². The number of fused-ring (bicyclic) bond motifs is 1. The van der Waals surface area contributed by atoms with E-state index in [-0.39, 0.29) is 29.2 Å². The average Bonchev–Trinajstić information content (AvgIpc) is 2.72. The van der Waals surface area contributed by atoms with Crippen molar-refractivity contribution in [3.63, 3.8) is 0 Å². The lowest BCUT2D eigenvalue weighted by Crippen LogP contribution is -2.22. The molecule has 0 radical (unpaired) electrons. The Balaban J connectivity index is 2.19. The monoisotopic (exact) mass is 532 g/mol. The fourth-order valence-electron chi connectivity index (χ4n) is 2.77. The number of hydrogen-bond acceptors (Lipinski definition) is 6. The Morgan fingerprint density at radius 1 is 1.33 bits per heavy atom. The standard InChI is InChI=1S/C20H14Br2N4O4/c1-3-7-30-19-12(8-14(22)10-17(19)26(28)29)11-23-25-18(4-2)24-16-6-5-13(21)9-15(16)20(25)27/h1,5-6,8-11H,4,7H2,2H3. The van der Waals surface area contributed by atoms with Gasteiger partial charge in [-0.05, 0) is 24.3 Å². The van der Waals surface area contributed by atoms with Crippen molar-refractivity contribution in [3.8, 4) is 18.1 Å². The van der Waals surface area contributed by atoms with Gasteiger partial charge in [0.1, 0.15) is 12.4 Å². The molecule has 10 heteroatoms. The Hall–Kier alpha value is -3.03. The summed E-state index contributed by atoms with van der Waals surface area (Å²) in [6.07, 6.45) is 7.00. The van der Waals surface area contributed by atoms with Crippen molar-refractivity contribution in [1.29, 1.82) is 0 Å². The molecule has 0 saturated carbocycles. The third-order valence-corrected chi connectivity index (χ3v) is 5.01. The zero-order valence-corrected chi connectivity index (χ0v) is 18.8. The fourth-order valence-corrected chi connectivity index (χ4v) is 3.59. The van der Waals surface area contributed by atoms with Crippen LogP contribution in [0.25, 0.3) is 10.9 Å². The van der Waals surface area contributed by atoms with E-state index in [1.807, 2.05) is 6.92 Å². The second kappa shape index (κ2) is 9.19. The zero-order valence-electron chi connectivity index (χ0n) is 15.6. The van der Waals surface area contributed by atoms with Crippen molar-refractivity contribution in [2.45, 2.75) is 13.3 Å². The van der Waals surface area contributed by atoms with Gasteiger partial charge in [0, 0.05) is 27.0 Å². The lowest BCUT2D eigenvalue weighted by atomic mass is 10.2. The molecule has 0 aliphatic rings. The number of nitro groups is 1. The predicted molar refractivity (Wildman–Crippen MR) is 121 cm³/mol. The van der Waals surface area contributed by atoms with Gasteiger partial charge in [-0.15, -0.1) is 6.42 Å². The minimum Gasteiger partial charge on any atom is -0.473 e. The molecule has 2 aromatic carbocycles. The summed E-state index contributed by atoms with van der Waals surface area (Å²) in [7, 11) is 0. The van der Waals surface area contributed by atoms with E-state index in [0.29, 0.717) is 27.6 Å². The summed E-state index contributed by atoms with van der Waals surface area (Å²) >= 11 is 6.59.